The molecule has 7 heteroatoms. The van der Waals surface area contributed by atoms with Crippen molar-refractivity contribution in [1.29, 1.82) is 0 Å². The van der Waals surface area contributed by atoms with Crippen LogP contribution >= 0.6 is 0 Å². The van der Waals surface area contributed by atoms with E-state index >= 15 is 0 Å². The number of halogens is 2. The zero-order valence-electron chi connectivity index (χ0n) is 13.6. The van der Waals surface area contributed by atoms with Gasteiger partial charge in [-0.05, 0) is 55.4 Å². The number of hydrogen-bond acceptors (Lipinski definition) is 4. The molecule has 1 aromatic carbocycles. The highest BCUT2D eigenvalue weighted by Crippen LogP contribution is 2.42. The van der Waals surface area contributed by atoms with Crippen LogP contribution in [0.4, 0.5) is 14.6 Å². The number of fused-ring (bicyclic) bond motifs is 3. The fourth-order valence-electron chi connectivity index (χ4n) is 4.34. The van der Waals surface area contributed by atoms with Gasteiger partial charge in [0.1, 0.15) is 11.4 Å². The first-order chi connectivity index (χ1) is 12.1. The van der Waals surface area contributed by atoms with E-state index in [1.807, 2.05) is 0 Å². The van der Waals surface area contributed by atoms with E-state index in [1.54, 1.807) is 6.07 Å². The second-order valence-electron chi connectivity index (χ2n) is 7.21. The van der Waals surface area contributed by atoms with Crippen molar-refractivity contribution in [2.45, 2.75) is 24.9 Å². The normalized spacial score (nSPS) is 32.6. The third-order valence-corrected chi connectivity index (χ3v) is 5.66. The number of benzene rings is 1. The molecule has 0 amide bonds. The minimum absolute atomic E-state index is 0.193. The summed E-state index contributed by atoms with van der Waals surface area (Å²) in [7, 11) is 0. The Bertz CT molecular complexity index is 879. The number of piperidine rings is 3. The topological polar surface area (TPSA) is 49.8 Å². The summed E-state index contributed by atoms with van der Waals surface area (Å²) in [6, 6.07) is 3.98. The van der Waals surface area contributed by atoms with Crippen LogP contribution in [0.15, 0.2) is 29.4 Å². The molecule has 5 heterocycles. The first-order valence-corrected chi connectivity index (χ1v) is 8.60. The smallest absolute Gasteiger partial charge is 0.159 e. The Morgan fingerprint density at radius 2 is 1.92 bits per heavy atom. The summed E-state index contributed by atoms with van der Waals surface area (Å²) in [5.41, 5.74) is 2.78. The number of nitrogens with zero attached hydrogens (tertiary/aromatic N) is 3. The lowest BCUT2D eigenvalue weighted by Crippen LogP contribution is -2.59. The molecule has 0 aliphatic carbocycles. The summed E-state index contributed by atoms with van der Waals surface area (Å²) in [6.45, 7) is 3.23. The van der Waals surface area contributed by atoms with Crippen LogP contribution < -0.4 is 5.48 Å². The number of aromatic nitrogens is 1. The summed E-state index contributed by atoms with van der Waals surface area (Å²) in [5.74, 6) is 0.0137. The monoisotopic (exact) mass is 344 g/mol. The summed E-state index contributed by atoms with van der Waals surface area (Å²) in [4.78, 5) is 17.2. The van der Waals surface area contributed by atoms with Gasteiger partial charge in [-0.15, -0.1) is 0 Å². The van der Waals surface area contributed by atoms with Gasteiger partial charge < -0.3 is 4.90 Å². The highest BCUT2D eigenvalue weighted by atomic mass is 19.2. The third kappa shape index (κ3) is 2.49. The van der Waals surface area contributed by atoms with Crippen LogP contribution in [0.25, 0.3) is 10.8 Å². The maximum absolute atomic E-state index is 13.4. The van der Waals surface area contributed by atoms with Gasteiger partial charge in [0, 0.05) is 24.5 Å². The molecule has 4 aliphatic rings. The maximum Gasteiger partial charge on any atom is 0.159 e. The van der Waals surface area contributed by atoms with Crippen LogP contribution in [-0.2, 0) is 4.84 Å². The highest BCUT2D eigenvalue weighted by Gasteiger charge is 2.52. The molecule has 4 aliphatic heterocycles. The Morgan fingerprint density at radius 3 is 2.64 bits per heavy atom. The molecule has 6 rings (SSSR count). The molecule has 1 atom stereocenters. The molecule has 130 valence electrons. The molecule has 0 saturated carbocycles. The molecule has 4 saturated heterocycles. The summed E-state index contributed by atoms with van der Waals surface area (Å²) < 4.78 is 26.7. The standard InChI is InChI=1S/C18H18F2N4O/c19-14-5-11-7-16(21-9-12(11)6-15(14)20)22-17-8-18(25-23-17)10-24-3-1-13(18)2-4-24/h5-7,9,13H,1-4,8,10H2,(H,21,22,23)/t18-/m0/s1. The second kappa shape index (κ2) is 5.44. The molecule has 5 nitrogen and oxygen atoms in total. The van der Waals surface area contributed by atoms with Crippen LogP contribution in [0.1, 0.15) is 19.3 Å². The molecule has 1 spiro atoms. The van der Waals surface area contributed by atoms with E-state index in [4.69, 9.17) is 4.84 Å². The Labute approximate surface area is 143 Å². The molecule has 1 aromatic heterocycles. The van der Waals surface area contributed by atoms with E-state index in [1.165, 1.54) is 12.3 Å². The number of aliphatic imine (C=N–C) groups is 1. The largest absolute Gasteiger partial charge is 0.300 e. The predicted molar refractivity (Wildman–Crippen MR) is 89.5 cm³/mol. The van der Waals surface area contributed by atoms with Gasteiger partial charge in [-0.25, -0.2) is 18.8 Å². The lowest BCUT2D eigenvalue weighted by atomic mass is 9.74. The van der Waals surface area contributed by atoms with E-state index in [2.05, 4.69) is 20.4 Å². The SMILES string of the molecule is Fc1cc2cnc(N=C3C[C@@]4(CN5CCC4CC5)ON3)cc2cc1F. The van der Waals surface area contributed by atoms with Crippen LogP contribution in [0, 0.1) is 17.6 Å². The van der Waals surface area contributed by atoms with Crippen molar-refractivity contribution in [3.63, 3.8) is 0 Å². The van der Waals surface area contributed by atoms with Gasteiger partial charge in [0.2, 0.25) is 0 Å². The van der Waals surface area contributed by atoms with Crippen molar-refractivity contribution < 1.29 is 13.6 Å². The van der Waals surface area contributed by atoms with Crippen LogP contribution in [0.2, 0.25) is 0 Å². The van der Waals surface area contributed by atoms with Gasteiger partial charge >= 0.3 is 0 Å². The van der Waals surface area contributed by atoms with E-state index in [0.29, 0.717) is 22.5 Å². The number of nitrogens with one attached hydrogen (secondary N) is 1. The zero-order chi connectivity index (χ0) is 17.0. The lowest BCUT2D eigenvalue weighted by Gasteiger charge is -2.49. The van der Waals surface area contributed by atoms with Crippen molar-refractivity contribution in [2.24, 2.45) is 10.9 Å². The van der Waals surface area contributed by atoms with Gasteiger partial charge in [-0.1, -0.05) is 0 Å². The molecule has 2 aromatic rings. The molecule has 0 unspecified atom stereocenters. The van der Waals surface area contributed by atoms with Crippen molar-refractivity contribution in [2.75, 3.05) is 19.6 Å². The van der Waals surface area contributed by atoms with Crippen molar-refractivity contribution >= 4 is 22.4 Å². The Kier molecular flexibility index (Phi) is 3.30. The number of rotatable bonds is 1. The first-order valence-electron chi connectivity index (χ1n) is 8.60. The van der Waals surface area contributed by atoms with Crippen LogP contribution in [0.3, 0.4) is 0 Å². The predicted octanol–water partition coefficient (Wildman–Crippen LogP) is 2.93. The molecule has 1 N–H and O–H groups in total. The van der Waals surface area contributed by atoms with Gasteiger partial charge in [0.05, 0.1) is 0 Å². The fraction of sp³-hybridized carbons (Fsp3) is 0.444. The molecule has 0 radical (unpaired) electrons. The van der Waals surface area contributed by atoms with E-state index in [-0.39, 0.29) is 5.60 Å². The molecular formula is C18H18F2N4O. The van der Waals surface area contributed by atoms with Gasteiger partial charge in [0.15, 0.2) is 17.5 Å². The molecule has 2 bridgehead atoms. The Morgan fingerprint density at radius 1 is 1.16 bits per heavy atom. The zero-order valence-corrected chi connectivity index (χ0v) is 13.6. The van der Waals surface area contributed by atoms with Crippen LogP contribution in [-0.4, -0.2) is 41.0 Å². The van der Waals surface area contributed by atoms with Crippen molar-refractivity contribution in [3.8, 4) is 0 Å². The Hall–Kier alpha value is -2.12. The second-order valence-corrected chi connectivity index (χ2v) is 7.21. The van der Waals surface area contributed by atoms with Gasteiger partial charge in [-0.2, -0.15) is 0 Å². The van der Waals surface area contributed by atoms with Crippen LogP contribution in [0.5, 0.6) is 0 Å². The van der Waals surface area contributed by atoms with Gasteiger partial charge in [0.25, 0.3) is 0 Å². The van der Waals surface area contributed by atoms with E-state index < -0.39 is 11.6 Å². The summed E-state index contributed by atoms with van der Waals surface area (Å²) in [5, 5.41) is 1.12. The number of pyridine rings is 1. The molecular weight excluding hydrogens is 326 g/mol. The lowest BCUT2D eigenvalue weighted by molar-refractivity contribution is -0.150. The van der Waals surface area contributed by atoms with Crippen molar-refractivity contribution in [3.05, 3.63) is 36.0 Å². The third-order valence-electron chi connectivity index (χ3n) is 5.66. The molecule has 4 fully saturated rings. The highest BCUT2D eigenvalue weighted by molar-refractivity contribution is 5.88. The van der Waals surface area contributed by atoms with E-state index in [9.17, 15) is 8.78 Å². The maximum atomic E-state index is 13.4. The minimum atomic E-state index is -0.872. The number of hydrogen-bond donors (Lipinski definition) is 1. The minimum Gasteiger partial charge on any atom is -0.300 e. The van der Waals surface area contributed by atoms with Crippen molar-refractivity contribution in [1.82, 2.24) is 15.4 Å². The Balaban J connectivity index is 1.43. The average Bonchev–Trinajstić information content (AvgIpc) is 2.99. The number of amidine groups is 1. The summed E-state index contributed by atoms with van der Waals surface area (Å²) >= 11 is 0. The average molecular weight is 344 g/mol. The quantitative estimate of drug-likeness (QED) is 0.864. The molecule has 25 heavy (non-hydrogen) atoms. The summed E-state index contributed by atoms with van der Waals surface area (Å²) in [6.07, 6.45) is 4.56. The first kappa shape index (κ1) is 15.2. The van der Waals surface area contributed by atoms with Gasteiger partial charge in [-0.3, -0.25) is 10.3 Å². The fourth-order valence-corrected chi connectivity index (χ4v) is 4.34. The van der Waals surface area contributed by atoms with E-state index in [0.717, 1.165) is 50.8 Å². The number of hydroxylamine groups is 1.